The van der Waals surface area contributed by atoms with Crippen molar-refractivity contribution in [2.75, 3.05) is 6.54 Å². The van der Waals surface area contributed by atoms with Gasteiger partial charge >= 0.3 is 0 Å². The lowest BCUT2D eigenvalue weighted by atomic mass is 9.96. The average molecular weight is 459 g/mol. The first-order valence-electron chi connectivity index (χ1n) is 12.3. The number of fused-ring (bicyclic) bond motifs is 1. The van der Waals surface area contributed by atoms with Gasteiger partial charge in [0.1, 0.15) is 24.1 Å². The minimum Gasteiger partial charge on any atom is -0.507 e. The number of aryl methyl sites for hydroxylation is 1. The Morgan fingerprint density at radius 2 is 2.03 bits per heavy atom. The number of aromatic hydroxyl groups is 1. The van der Waals surface area contributed by atoms with Crippen LogP contribution in [0.4, 0.5) is 0 Å². The van der Waals surface area contributed by atoms with Crippen LogP contribution >= 0.6 is 0 Å². The molecule has 176 valence electrons. The molecule has 2 aromatic carbocycles. The Hall–Kier alpha value is -3.38. The molecule has 6 heteroatoms. The molecule has 6 nitrogen and oxygen atoms in total. The second-order valence-corrected chi connectivity index (χ2v) is 9.27. The average Bonchev–Trinajstić information content (AvgIpc) is 3.37. The largest absolute Gasteiger partial charge is 0.507 e. The zero-order valence-corrected chi connectivity index (χ0v) is 19.9. The number of nitrogens with zero attached hydrogens (tertiary/aromatic N) is 2. The topological polar surface area (TPSA) is 72.7 Å². The van der Waals surface area contributed by atoms with Gasteiger partial charge in [-0.1, -0.05) is 32.0 Å². The highest BCUT2D eigenvalue weighted by molar-refractivity contribution is 5.86. The standard InChI is InChI=1S/C28H31N3O3/c1-3-19-14-23-27(33)25(20-15-29-31(16-20)22-11-6-5-7-12-22)18-34-28(23)24(26(19)32)17-30-13-9-8-10-21(30)4-2/h5-7,11-12,14-16,18,21,32H,3-4,8-10,13,17H2,1-2H3/p+1/t21-/m0/s1. The van der Waals surface area contributed by atoms with E-state index >= 15 is 0 Å². The molecule has 5 rings (SSSR count). The molecule has 2 N–H and O–H groups in total. The maximum Gasteiger partial charge on any atom is 0.200 e. The van der Waals surface area contributed by atoms with E-state index in [1.165, 1.54) is 30.4 Å². The van der Waals surface area contributed by atoms with Crippen LogP contribution in [0.2, 0.25) is 0 Å². The first-order chi connectivity index (χ1) is 16.6. The summed E-state index contributed by atoms with van der Waals surface area (Å²) >= 11 is 0. The number of hydrogen-bond acceptors (Lipinski definition) is 4. The summed E-state index contributed by atoms with van der Waals surface area (Å²) in [5.74, 6) is 0.274. The molecule has 0 bridgehead atoms. The van der Waals surface area contributed by atoms with E-state index in [9.17, 15) is 9.90 Å². The SMILES string of the molecule is CCc1cc2c(=O)c(-c3cnn(-c4ccccc4)c3)coc2c(C[NH+]2CCCC[C@@H]2CC)c1O. The van der Waals surface area contributed by atoms with Gasteiger partial charge in [0.05, 0.1) is 41.0 Å². The highest BCUT2D eigenvalue weighted by Crippen LogP contribution is 2.32. The lowest BCUT2D eigenvalue weighted by Gasteiger charge is -2.32. The molecule has 0 saturated carbocycles. The second kappa shape index (κ2) is 9.47. The molecule has 34 heavy (non-hydrogen) atoms. The molecule has 0 radical (unpaired) electrons. The molecule has 4 aromatic rings. The number of quaternary nitrogens is 1. The Bertz CT molecular complexity index is 1360. The number of nitrogens with one attached hydrogen (secondary N) is 1. The first-order valence-corrected chi connectivity index (χ1v) is 12.3. The van der Waals surface area contributed by atoms with Crippen LogP contribution in [-0.4, -0.2) is 27.5 Å². The van der Waals surface area contributed by atoms with Gasteiger partial charge in [0.2, 0.25) is 5.43 Å². The Labute approximate surface area is 199 Å². The van der Waals surface area contributed by atoms with Crippen molar-refractivity contribution in [2.24, 2.45) is 0 Å². The van der Waals surface area contributed by atoms with Crippen molar-refractivity contribution in [3.63, 3.8) is 0 Å². The number of benzene rings is 2. The zero-order chi connectivity index (χ0) is 23.7. The summed E-state index contributed by atoms with van der Waals surface area (Å²) in [6.45, 7) is 5.99. The Kier molecular flexibility index (Phi) is 6.24. The zero-order valence-electron chi connectivity index (χ0n) is 19.9. The molecule has 2 atom stereocenters. The Morgan fingerprint density at radius 1 is 1.21 bits per heavy atom. The van der Waals surface area contributed by atoms with Crippen molar-refractivity contribution < 1.29 is 14.4 Å². The smallest absolute Gasteiger partial charge is 0.200 e. The van der Waals surface area contributed by atoms with Gasteiger partial charge in [-0.25, -0.2) is 4.68 Å². The van der Waals surface area contributed by atoms with Crippen LogP contribution in [-0.2, 0) is 13.0 Å². The fourth-order valence-corrected chi connectivity index (χ4v) is 5.31. The normalized spacial score (nSPS) is 18.4. The van der Waals surface area contributed by atoms with E-state index in [1.54, 1.807) is 16.9 Å². The number of phenolic OH excluding ortho intramolecular Hbond substituents is 1. The minimum absolute atomic E-state index is 0.0921. The molecule has 0 spiro atoms. The van der Waals surface area contributed by atoms with Crippen LogP contribution in [0.3, 0.4) is 0 Å². The van der Waals surface area contributed by atoms with Gasteiger partial charge in [0.15, 0.2) is 0 Å². The van der Waals surface area contributed by atoms with Gasteiger partial charge in [0, 0.05) is 11.8 Å². The third-order valence-corrected chi connectivity index (χ3v) is 7.28. The van der Waals surface area contributed by atoms with Gasteiger partial charge in [-0.05, 0) is 55.9 Å². The highest BCUT2D eigenvalue weighted by atomic mass is 16.3. The van der Waals surface area contributed by atoms with Crippen LogP contribution in [0, 0.1) is 0 Å². The van der Waals surface area contributed by atoms with Gasteiger partial charge in [-0.3, -0.25) is 4.79 Å². The van der Waals surface area contributed by atoms with Crippen LogP contribution < -0.4 is 10.3 Å². The highest BCUT2D eigenvalue weighted by Gasteiger charge is 2.28. The lowest BCUT2D eigenvalue weighted by Crippen LogP contribution is -3.15. The fourth-order valence-electron chi connectivity index (χ4n) is 5.31. The van der Waals surface area contributed by atoms with Gasteiger partial charge in [-0.15, -0.1) is 0 Å². The first kappa shape index (κ1) is 22.4. The third kappa shape index (κ3) is 4.03. The number of likely N-dealkylation sites (tertiary alicyclic amines) is 1. The number of piperidine rings is 1. The molecule has 1 unspecified atom stereocenters. The van der Waals surface area contributed by atoms with Crippen molar-refractivity contribution in [1.29, 1.82) is 0 Å². The summed E-state index contributed by atoms with van der Waals surface area (Å²) < 4.78 is 7.86. The van der Waals surface area contributed by atoms with E-state index in [4.69, 9.17) is 4.42 Å². The minimum atomic E-state index is -0.0921. The second-order valence-electron chi connectivity index (χ2n) is 9.27. The van der Waals surface area contributed by atoms with Gasteiger partial charge in [-0.2, -0.15) is 5.10 Å². The van der Waals surface area contributed by atoms with Crippen molar-refractivity contribution in [1.82, 2.24) is 9.78 Å². The molecule has 1 aliphatic rings. The summed E-state index contributed by atoms with van der Waals surface area (Å²) in [6, 6.07) is 12.2. The van der Waals surface area contributed by atoms with Crippen molar-refractivity contribution in [2.45, 2.75) is 58.5 Å². The summed E-state index contributed by atoms with van der Waals surface area (Å²) in [6.07, 6.45) is 10.5. The third-order valence-electron chi connectivity index (χ3n) is 7.28. The Morgan fingerprint density at radius 3 is 2.79 bits per heavy atom. The summed E-state index contributed by atoms with van der Waals surface area (Å²) in [5, 5.41) is 16.1. The van der Waals surface area contributed by atoms with E-state index in [-0.39, 0.29) is 11.2 Å². The van der Waals surface area contributed by atoms with Gasteiger partial charge in [0.25, 0.3) is 0 Å². The molecule has 1 fully saturated rings. The molecule has 1 saturated heterocycles. The number of para-hydroxylation sites is 1. The molecule has 0 amide bonds. The van der Waals surface area contributed by atoms with Crippen molar-refractivity contribution in [3.05, 3.63) is 76.4 Å². The lowest BCUT2D eigenvalue weighted by molar-refractivity contribution is -0.944. The number of hydrogen-bond donors (Lipinski definition) is 2. The van der Waals surface area contributed by atoms with E-state index in [0.29, 0.717) is 41.1 Å². The predicted octanol–water partition coefficient (Wildman–Crippen LogP) is 4.26. The maximum absolute atomic E-state index is 13.6. The number of aromatic nitrogens is 2. The maximum atomic E-state index is 13.6. The molecular formula is C28H32N3O3+. The van der Waals surface area contributed by atoms with Crippen LogP contribution in [0.5, 0.6) is 5.75 Å². The molecule has 2 aromatic heterocycles. The van der Waals surface area contributed by atoms with E-state index in [2.05, 4.69) is 12.0 Å². The Balaban J connectivity index is 1.59. The van der Waals surface area contributed by atoms with E-state index in [1.807, 2.05) is 43.5 Å². The van der Waals surface area contributed by atoms with Crippen LogP contribution in [0.1, 0.15) is 50.7 Å². The monoisotopic (exact) mass is 458 g/mol. The summed E-state index contributed by atoms with van der Waals surface area (Å²) in [7, 11) is 0. The molecule has 3 heterocycles. The van der Waals surface area contributed by atoms with Crippen molar-refractivity contribution >= 4 is 11.0 Å². The fraction of sp³-hybridized carbons (Fsp3) is 0.357. The number of phenols is 1. The van der Waals surface area contributed by atoms with Gasteiger partial charge < -0.3 is 14.4 Å². The van der Waals surface area contributed by atoms with E-state index in [0.717, 1.165) is 29.8 Å². The van der Waals surface area contributed by atoms with E-state index < -0.39 is 0 Å². The quantitative estimate of drug-likeness (QED) is 0.453. The molecular weight excluding hydrogens is 426 g/mol. The molecule has 1 aliphatic heterocycles. The summed E-state index contributed by atoms with van der Waals surface area (Å²) in [4.78, 5) is 15.1. The van der Waals surface area contributed by atoms with Crippen molar-refractivity contribution in [3.8, 4) is 22.6 Å². The summed E-state index contributed by atoms with van der Waals surface area (Å²) in [5.41, 5.74) is 4.07. The number of rotatable bonds is 6. The van der Waals surface area contributed by atoms with Crippen LogP contribution in [0.15, 0.2) is 64.3 Å². The van der Waals surface area contributed by atoms with Crippen LogP contribution in [0.25, 0.3) is 27.8 Å². The molecule has 0 aliphatic carbocycles. The predicted molar refractivity (Wildman–Crippen MR) is 134 cm³/mol.